The third kappa shape index (κ3) is 3.16. The van der Waals surface area contributed by atoms with Crippen LogP contribution in [-0.2, 0) is 4.74 Å². The summed E-state index contributed by atoms with van der Waals surface area (Å²) in [7, 11) is 0. The second-order valence-electron chi connectivity index (χ2n) is 4.72. The molecule has 0 radical (unpaired) electrons. The number of carbonyl (C=O) groups excluding carboxylic acids is 1. The summed E-state index contributed by atoms with van der Waals surface area (Å²) in [5.74, 6) is 0.339. The maximum absolute atomic E-state index is 11.8. The quantitative estimate of drug-likeness (QED) is 0.847. The van der Waals surface area contributed by atoms with Gasteiger partial charge in [-0.25, -0.2) is 9.78 Å². The van der Waals surface area contributed by atoms with Gasteiger partial charge in [-0.3, -0.25) is 0 Å². The molecule has 0 unspecified atom stereocenters. The summed E-state index contributed by atoms with van der Waals surface area (Å²) in [6.45, 7) is 4.03. The minimum Gasteiger partial charge on any atom is -0.462 e. The highest BCUT2D eigenvalue weighted by Crippen LogP contribution is 2.26. The Morgan fingerprint density at radius 2 is 2.05 bits per heavy atom. The first-order chi connectivity index (χ1) is 9.24. The van der Waals surface area contributed by atoms with Gasteiger partial charge in [-0.15, -0.1) is 0 Å². The lowest BCUT2D eigenvalue weighted by atomic mass is 10.2. The van der Waals surface area contributed by atoms with Crippen LogP contribution in [0.2, 0.25) is 0 Å². The van der Waals surface area contributed by atoms with Crippen LogP contribution in [0.5, 0.6) is 0 Å². The molecule has 2 rings (SSSR count). The predicted molar refractivity (Wildman–Crippen MR) is 75.3 cm³/mol. The Balaban J connectivity index is 2.25. The van der Waals surface area contributed by atoms with Gasteiger partial charge in [0.25, 0.3) is 0 Å². The van der Waals surface area contributed by atoms with Gasteiger partial charge < -0.3 is 15.4 Å². The molecule has 0 saturated carbocycles. The minimum absolute atomic E-state index is 0.347. The van der Waals surface area contributed by atoms with Crippen LogP contribution < -0.4 is 10.6 Å². The first kappa shape index (κ1) is 13.6. The van der Waals surface area contributed by atoms with Crippen LogP contribution in [0.15, 0.2) is 12.3 Å². The smallest absolute Gasteiger partial charge is 0.340 e. The van der Waals surface area contributed by atoms with Crippen molar-refractivity contribution in [2.24, 2.45) is 0 Å². The molecule has 0 amide bonds. The number of nitrogens with zero attached hydrogens (tertiary/aromatic N) is 2. The number of pyridine rings is 1. The lowest BCUT2D eigenvalue weighted by molar-refractivity contribution is 0.0527. The molecule has 1 aromatic rings. The molecule has 19 heavy (non-hydrogen) atoms. The van der Waals surface area contributed by atoms with Gasteiger partial charge in [0.05, 0.1) is 17.9 Å². The summed E-state index contributed by atoms with van der Waals surface area (Å²) in [4.78, 5) is 18.3. The number of rotatable bonds is 3. The van der Waals surface area contributed by atoms with Crippen molar-refractivity contribution >= 4 is 17.5 Å². The van der Waals surface area contributed by atoms with E-state index in [1.54, 1.807) is 19.2 Å². The molecule has 104 valence electrons. The van der Waals surface area contributed by atoms with Crippen molar-refractivity contribution in [1.29, 1.82) is 0 Å². The van der Waals surface area contributed by atoms with Crippen LogP contribution in [0.3, 0.4) is 0 Å². The standard InChI is InChI=1S/C14H21N3O2/c1-2-19-14(18)11-7-8-16-13(12(11)15)17-9-5-3-4-6-10-17/h7-8H,2-6,9-10,15H2,1H3. The number of nitrogen functional groups attached to an aromatic ring is 1. The van der Waals surface area contributed by atoms with Crippen LogP contribution in [0.25, 0.3) is 0 Å². The van der Waals surface area contributed by atoms with Crippen LogP contribution in [-0.4, -0.2) is 30.6 Å². The Kier molecular flexibility index (Phi) is 4.60. The van der Waals surface area contributed by atoms with Gasteiger partial charge in [-0.1, -0.05) is 12.8 Å². The fourth-order valence-electron chi connectivity index (χ4n) is 2.38. The lowest BCUT2D eigenvalue weighted by Gasteiger charge is -2.23. The summed E-state index contributed by atoms with van der Waals surface area (Å²) in [5, 5.41) is 0. The molecule has 5 nitrogen and oxygen atoms in total. The lowest BCUT2D eigenvalue weighted by Crippen LogP contribution is -2.26. The molecule has 0 aromatic carbocycles. The van der Waals surface area contributed by atoms with E-state index in [4.69, 9.17) is 10.5 Å². The molecule has 2 N–H and O–H groups in total. The van der Waals surface area contributed by atoms with Gasteiger partial charge >= 0.3 is 5.97 Å². The van der Waals surface area contributed by atoms with E-state index in [1.807, 2.05) is 0 Å². The van der Waals surface area contributed by atoms with E-state index in [9.17, 15) is 4.79 Å². The molecule has 1 aromatic heterocycles. The topological polar surface area (TPSA) is 68.5 Å². The minimum atomic E-state index is -0.376. The second-order valence-corrected chi connectivity index (χ2v) is 4.72. The molecule has 0 atom stereocenters. The van der Waals surface area contributed by atoms with Gasteiger partial charge in [-0.2, -0.15) is 0 Å². The van der Waals surface area contributed by atoms with Crippen molar-refractivity contribution in [3.8, 4) is 0 Å². The number of ether oxygens (including phenoxy) is 1. The van der Waals surface area contributed by atoms with E-state index >= 15 is 0 Å². The maximum Gasteiger partial charge on any atom is 0.340 e. The number of hydrogen-bond donors (Lipinski definition) is 1. The first-order valence-corrected chi connectivity index (χ1v) is 6.90. The fraction of sp³-hybridized carbons (Fsp3) is 0.571. The van der Waals surface area contributed by atoms with Crippen molar-refractivity contribution in [1.82, 2.24) is 4.98 Å². The number of aromatic nitrogens is 1. The highest BCUT2D eigenvalue weighted by molar-refractivity contribution is 5.97. The summed E-state index contributed by atoms with van der Waals surface area (Å²) < 4.78 is 5.01. The van der Waals surface area contributed by atoms with E-state index in [-0.39, 0.29) is 5.97 Å². The molecule has 0 bridgehead atoms. The molecular formula is C14H21N3O2. The average molecular weight is 263 g/mol. The van der Waals surface area contributed by atoms with Gasteiger partial charge in [-0.05, 0) is 25.8 Å². The highest BCUT2D eigenvalue weighted by Gasteiger charge is 2.19. The molecule has 1 fully saturated rings. The highest BCUT2D eigenvalue weighted by atomic mass is 16.5. The van der Waals surface area contributed by atoms with Crippen LogP contribution in [0.4, 0.5) is 11.5 Å². The molecule has 1 aliphatic heterocycles. The molecule has 1 saturated heterocycles. The molecule has 2 heterocycles. The van der Waals surface area contributed by atoms with Crippen LogP contribution in [0.1, 0.15) is 43.0 Å². The van der Waals surface area contributed by atoms with Gasteiger partial charge in [0.1, 0.15) is 0 Å². The molecule has 1 aliphatic rings. The monoisotopic (exact) mass is 263 g/mol. The van der Waals surface area contributed by atoms with Crippen molar-refractivity contribution in [3.63, 3.8) is 0 Å². The SMILES string of the molecule is CCOC(=O)c1ccnc(N2CCCCCC2)c1N. The van der Waals surface area contributed by atoms with Crippen molar-refractivity contribution in [3.05, 3.63) is 17.8 Å². The summed E-state index contributed by atoms with van der Waals surface area (Å²) in [6.07, 6.45) is 6.40. The van der Waals surface area contributed by atoms with E-state index in [2.05, 4.69) is 9.88 Å². The Morgan fingerprint density at radius 3 is 2.68 bits per heavy atom. The zero-order chi connectivity index (χ0) is 13.7. The zero-order valence-electron chi connectivity index (χ0n) is 11.4. The molecular weight excluding hydrogens is 242 g/mol. The Morgan fingerprint density at radius 1 is 1.37 bits per heavy atom. The Hall–Kier alpha value is -1.78. The average Bonchev–Trinajstić information content (AvgIpc) is 2.68. The number of anilines is 2. The van der Waals surface area contributed by atoms with Gasteiger partial charge in [0, 0.05) is 19.3 Å². The predicted octanol–water partition coefficient (Wildman–Crippen LogP) is 2.22. The maximum atomic E-state index is 11.8. The third-order valence-electron chi connectivity index (χ3n) is 3.37. The number of hydrogen-bond acceptors (Lipinski definition) is 5. The van der Waals surface area contributed by atoms with E-state index in [0.717, 1.165) is 25.9 Å². The van der Waals surface area contributed by atoms with E-state index < -0.39 is 0 Å². The van der Waals surface area contributed by atoms with Crippen molar-refractivity contribution in [2.45, 2.75) is 32.6 Å². The summed E-state index contributed by atoms with van der Waals surface area (Å²) >= 11 is 0. The normalized spacial score (nSPS) is 15.9. The van der Waals surface area contributed by atoms with Crippen molar-refractivity contribution < 1.29 is 9.53 Å². The van der Waals surface area contributed by atoms with E-state index in [0.29, 0.717) is 23.7 Å². The first-order valence-electron chi connectivity index (χ1n) is 6.90. The van der Waals surface area contributed by atoms with Crippen molar-refractivity contribution in [2.75, 3.05) is 30.3 Å². The summed E-state index contributed by atoms with van der Waals surface area (Å²) in [6, 6.07) is 1.62. The van der Waals surface area contributed by atoms with E-state index in [1.165, 1.54) is 12.8 Å². The number of esters is 1. The molecule has 0 spiro atoms. The van der Waals surface area contributed by atoms with Crippen LogP contribution >= 0.6 is 0 Å². The largest absolute Gasteiger partial charge is 0.462 e. The molecule has 5 heteroatoms. The summed E-state index contributed by atoms with van der Waals surface area (Å²) in [5.41, 5.74) is 6.94. The van der Waals surface area contributed by atoms with Gasteiger partial charge in [0.2, 0.25) is 0 Å². The Bertz CT molecular complexity index is 440. The number of nitrogens with two attached hydrogens (primary N) is 1. The number of carbonyl (C=O) groups is 1. The zero-order valence-corrected chi connectivity index (χ0v) is 11.4. The third-order valence-corrected chi connectivity index (χ3v) is 3.37. The second kappa shape index (κ2) is 6.41. The fourth-order valence-corrected chi connectivity index (χ4v) is 2.38. The molecule has 0 aliphatic carbocycles. The Labute approximate surface area is 113 Å². The van der Waals surface area contributed by atoms with Crippen LogP contribution in [0, 0.1) is 0 Å². The van der Waals surface area contributed by atoms with Gasteiger partial charge in [0.15, 0.2) is 5.82 Å².